The lowest BCUT2D eigenvalue weighted by molar-refractivity contribution is -0.133. The van der Waals surface area contributed by atoms with Crippen molar-refractivity contribution in [2.45, 2.75) is 31.7 Å². The second kappa shape index (κ2) is 7.07. The Kier molecular flexibility index (Phi) is 5.14. The van der Waals surface area contributed by atoms with Crippen molar-refractivity contribution in [3.8, 4) is 0 Å². The quantitative estimate of drug-likeness (QED) is 0.766. The maximum atomic E-state index is 11.5. The maximum Gasteiger partial charge on any atom is 0.222 e. The first kappa shape index (κ1) is 15.3. The molecular weight excluding hydrogens is 266 g/mol. The van der Waals surface area contributed by atoms with Gasteiger partial charge in [-0.2, -0.15) is 0 Å². The molecule has 0 aromatic heterocycles. The molecule has 0 bridgehead atoms. The van der Waals surface area contributed by atoms with Gasteiger partial charge in [-0.25, -0.2) is 0 Å². The van der Waals surface area contributed by atoms with Crippen molar-refractivity contribution in [3.05, 3.63) is 0 Å². The van der Waals surface area contributed by atoms with E-state index >= 15 is 0 Å². The predicted molar refractivity (Wildman–Crippen MR) is 82.2 cm³/mol. The lowest BCUT2D eigenvalue weighted by atomic mass is 9.97. The normalized spacial score (nSPS) is 30.8. The smallest absolute Gasteiger partial charge is 0.222 e. The standard InChI is InChI=1S/C16H29N3O2/c1-17-12-14(2-3-16(17)20)13-18-6-8-19(9-7-18)15-4-10-21-11-5-15/h14-15H,2-13H2,1H3. The topological polar surface area (TPSA) is 36.0 Å². The zero-order valence-corrected chi connectivity index (χ0v) is 13.3. The molecule has 5 heteroatoms. The summed E-state index contributed by atoms with van der Waals surface area (Å²) in [6.45, 7) is 8.76. The van der Waals surface area contributed by atoms with E-state index in [4.69, 9.17) is 4.74 Å². The number of piperidine rings is 1. The van der Waals surface area contributed by atoms with Gasteiger partial charge in [0.05, 0.1) is 0 Å². The molecule has 0 N–H and O–H groups in total. The Morgan fingerprint density at radius 3 is 2.48 bits per heavy atom. The van der Waals surface area contributed by atoms with Crippen molar-refractivity contribution >= 4 is 5.91 Å². The molecule has 3 heterocycles. The zero-order valence-electron chi connectivity index (χ0n) is 13.3. The fourth-order valence-electron chi connectivity index (χ4n) is 3.97. The number of piperazine rings is 1. The van der Waals surface area contributed by atoms with Crippen LogP contribution in [0.1, 0.15) is 25.7 Å². The molecule has 1 amide bonds. The highest BCUT2D eigenvalue weighted by atomic mass is 16.5. The predicted octanol–water partition coefficient (Wildman–Crippen LogP) is 0.651. The molecule has 0 radical (unpaired) electrons. The van der Waals surface area contributed by atoms with Crippen LogP contribution in [0.3, 0.4) is 0 Å². The van der Waals surface area contributed by atoms with Gasteiger partial charge >= 0.3 is 0 Å². The second-order valence-electron chi connectivity index (χ2n) is 6.86. The Bertz CT molecular complexity index is 349. The Morgan fingerprint density at radius 2 is 1.81 bits per heavy atom. The average Bonchev–Trinajstić information content (AvgIpc) is 2.53. The van der Waals surface area contributed by atoms with Crippen LogP contribution in [0.5, 0.6) is 0 Å². The van der Waals surface area contributed by atoms with E-state index < -0.39 is 0 Å². The lowest BCUT2D eigenvalue weighted by Crippen LogP contribution is -2.53. The van der Waals surface area contributed by atoms with E-state index in [1.807, 2.05) is 11.9 Å². The summed E-state index contributed by atoms with van der Waals surface area (Å²) in [4.78, 5) is 18.7. The Morgan fingerprint density at radius 1 is 1.10 bits per heavy atom. The molecule has 0 aromatic rings. The first-order chi connectivity index (χ1) is 10.2. The van der Waals surface area contributed by atoms with Crippen LogP contribution in [0.25, 0.3) is 0 Å². The second-order valence-corrected chi connectivity index (χ2v) is 6.86. The van der Waals surface area contributed by atoms with E-state index in [1.54, 1.807) is 0 Å². The van der Waals surface area contributed by atoms with Gasteiger partial charge in [-0.05, 0) is 25.2 Å². The third-order valence-corrected chi connectivity index (χ3v) is 5.35. The molecule has 120 valence electrons. The van der Waals surface area contributed by atoms with Crippen molar-refractivity contribution in [1.82, 2.24) is 14.7 Å². The number of likely N-dealkylation sites (tertiary alicyclic amines) is 1. The molecule has 3 saturated heterocycles. The minimum atomic E-state index is 0.315. The monoisotopic (exact) mass is 295 g/mol. The molecule has 0 aliphatic carbocycles. The summed E-state index contributed by atoms with van der Waals surface area (Å²) in [5, 5.41) is 0. The van der Waals surface area contributed by atoms with Crippen LogP contribution in [0.15, 0.2) is 0 Å². The first-order valence-electron chi connectivity index (χ1n) is 8.50. The van der Waals surface area contributed by atoms with Crippen LogP contribution >= 0.6 is 0 Å². The Hall–Kier alpha value is -0.650. The van der Waals surface area contributed by atoms with Crippen molar-refractivity contribution in [3.63, 3.8) is 0 Å². The molecule has 3 fully saturated rings. The van der Waals surface area contributed by atoms with E-state index in [0.717, 1.165) is 38.6 Å². The SMILES string of the molecule is CN1CC(CN2CCN(C3CCOCC3)CC2)CCC1=O. The molecule has 21 heavy (non-hydrogen) atoms. The number of carbonyl (C=O) groups excluding carboxylic acids is 1. The minimum Gasteiger partial charge on any atom is -0.381 e. The Labute approximate surface area is 128 Å². The number of hydrogen-bond acceptors (Lipinski definition) is 4. The zero-order chi connectivity index (χ0) is 14.7. The van der Waals surface area contributed by atoms with Gasteiger partial charge in [-0.3, -0.25) is 9.69 Å². The number of carbonyl (C=O) groups is 1. The molecule has 0 aromatic carbocycles. The molecule has 5 nitrogen and oxygen atoms in total. The highest BCUT2D eigenvalue weighted by molar-refractivity contribution is 5.76. The third-order valence-electron chi connectivity index (χ3n) is 5.35. The third kappa shape index (κ3) is 3.96. The lowest BCUT2D eigenvalue weighted by Gasteiger charge is -2.42. The highest BCUT2D eigenvalue weighted by Gasteiger charge is 2.28. The molecule has 1 atom stereocenters. The number of ether oxygens (including phenoxy) is 1. The van der Waals surface area contributed by atoms with Crippen LogP contribution < -0.4 is 0 Å². The van der Waals surface area contributed by atoms with Crippen LogP contribution in [-0.2, 0) is 9.53 Å². The van der Waals surface area contributed by atoms with Gasteiger partial charge < -0.3 is 14.5 Å². The van der Waals surface area contributed by atoms with E-state index in [0.29, 0.717) is 11.8 Å². The van der Waals surface area contributed by atoms with Crippen molar-refractivity contribution < 1.29 is 9.53 Å². The number of nitrogens with zero attached hydrogens (tertiary/aromatic N) is 3. The minimum absolute atomic E-state index is 0.315. The number of amides is 1. The van der Waals surface area contributed by atoms with Crippen molar-refractivity contribution in [2.24, 2.45) is 5.92 Å². The first-order valence-corrected chi connectivity index (χ1v) is 8.50. The van der Waals surface area contributed by atoms with Gasteiger partial charge in [0.25, 0.3) is 0 Å². The molecule has 1 unspecified atom stereocenters. The van der Waals surface area contributed by atoms with Crippen LogP contribution in [0.4, 0.5) is 0 Å². The summed E-state index contributed by atoms with van der Waals surface area (Å²) in [5.41, 5.74) is 0. The molecule has 3 rings (SSSR count). The molecular formula is C16H29N3O2. The van der Waals surface area contributed by atoms with Crippen LogP contribution in [0, 0.1) is 5.92 Å². The molecule has 0 spiro atoms. The summed E-state index contributed by atoms with van der Waals surface area (Å²) in [6.07, 6.45) is 4.22. The van der Waals surface area contributed by atoms with Gasteiger partial charge in [-0.15, -0.1) is 0 Å². The molecule has 0 saturated carbocycles. The van der Waals surface area contributed by atoms with E-state index in [9.17, 15) is 4.79 Å². The summed E-state index contributed by atoms with van der Waals surface area (Å²) in [7, 11) is 1.94. The van der Waals surface area contributed by atoms with E-state index in [1.165, 1.54) is 45.6 Å². The van der Waals surface area contributed by atoms with Gasteiger partial charge in [0, 0.05) is 72.0 Å². The molecule has 3 aliphatic heterocycles. The van der Waals surface area contributed by atoms with Gasteiger partial charge in [-0.1, -0.05) is 0 Å². The van der Waals surface area contributed by atoms with Crippen LogP contribution in [0.2, 0.25) is 0 Å². The number of hydrogen-bond donors (Lipinski definition) is 0. The van der Waals surface area contributed by atoms with Crippen LogP contribution in [-0.4, -0.2) is 86.2 Å². The van der Waals surface area contributed by atoms with Gasteiger partial charge in [0.2, 0.25) is 5.91 Å². The summed E-state index contributed by atoms with van der Waals surface area (Å²) < 4.78 is 5.46. The highest BCUT2D eigenvalue weighted by Crippen LogP contribution is 2.20. The van der Waals surface area contributed by atoms with Gasteiger partial charge in [0.15, 0.2) is 0 Å². The fourth-order valence-corrected chi connectivity index (χ4v) is 3.97. The van der Waals surface area contributed by atoms with E-state index in [-0.39, 0.29) is 0 Å². The number of rotatable bonds is 3. The summed E-state index contributed by atoms with van der Waals surface area (Å²) >= 11 is 0. The Balaban J connectivity index is 1.40. The summed E-state index contributed by atoms with van der Waals surface area (Å²) in [5.74, 6) is 0.984. The van der Waals surface area contributed by atoms with Crippen molar-refractivity contribution in [1.29, 1.82) is 0 Å². The summed E-state index contributed by atoms with van der Waals surface area (Å²) in [6, 6.07) is 0.749. The van der Waals surface area contributed by atoms with E-state index in [2.05, 4.69) is 9.80 Å². The molecule has 3 aliphatic rings. The van der Waals surface area contributed by atoms with Gasteiger partial charge in [0.1, 0.15) is 0 Å². The van der Waals surface area contributed by atoms with Crippen molar-refractivity contribution in [2.75, 3.05) is 59.5 Å². The average molecular weight is 295 g/mol. The largest absolute Gasteiger partial charge is 0.381 e. The maximum absolute atomic E-state index is 11.5. The fraction of sp³-hybridized carbons (Fsp3) is 0.938.